The quantitative estimate of drug-likeness (QED) is 0.761. The summed E-state index contributed by atoms with van der Waals surface area (Å²) in [7, 11) is 0. The van der Waals surface area contributed by atoms with E-state index < -0.39 is 0 Å². The molecule has 2 rings (SSSR count). The molecule has 0 bridgehead atoms. The Labute approximate surface area is 124 Å². The van der Waals surface area contributed by atoms with E-state index in [-0.39, 0.29) is 12.5 Å². The number of nitrogens with one attached hydrogen (secondary N) is 2. The van der Waals surface area contributed by atoms with Crippen LogP contribution in [0, 0.1) is 6.92 Å². The second-order valence-corrected chi connectivity index (χ2v) is 5.00. The van der Waals surface area contributed by atoms with Crippen molar-refractivity contribution in [3.8, 4) is 0 Å². The Morgan fingerprint density at radius 2 is 2.24 bits per heavy atom. The molecule has 0 unspecified atom stereocenters. The molecule has 1 amide bonds. The highest BCUT2D eigenvalue weighted by Crippen LogP contribution is 2.09. The molecule has 0 radical (unpaired) electrons. The number of anilines is 1. The minimum absolute atomic E-state index is 0.112. The Morgan fingerprint density at radius 1 is 1.38 bits per heavy atom. The van der Waals surface area contributed by atoms with E-state index >= 15 is 0 Å². The molecule has 1 aromatic carbocycles. The van der Waals surface area contributed by atoms with Crippen LogP contribution in [0.4, 0.5) is 5.69 Å². The summed E-state index contributed by atoms with van der Waals surface area (Å²) < 4.78 is 1.55. The van der Waals surface area contributed by atoms with Crippen LogP contribution in [0.3, 0.4) is 0 Å². The van der Waals surface area contributed by atoms with Crippen molar-refractivity contribution in [2.24, 2.45) is 0 Å². The predicted octanol–water partition coefficient (Wildman–Crippen LogP) is 1.72. The molecular formula is C15H21N5O. The van der Waals surface area contributed by atoms with Crippen LogP contribution < -0.4 is 10.6 Å². The summed E-state index contributed by atoms with van der Waals surface area (Å²) >= 11 is 0. The van der Waals surface area contributed by atoms with Crippen LogP contribution in [0.25, 0.3) is 0 Å². The maximum absolute atomic E-state index is 11.9. The van der Waals surface area contributed by atoms with Crippen molar-refractivity contribution < 1.29 is 4.79 Å². The number of benzene rings is 1. The molecule has 21 heavy (non-hydrogen) atoms. The Kier molecular flexibility index (Phi) is 5.45. The third kappa shape index (κ3) is 5.00. The van der Waals surface area contributed by atoms with Crippen LogP contribution in [-0.2, 0) is 17.9 Å². The third-order valence-electron chi connectivity index (χ3n) is 2.93. The van der Waals surface area contributed by atoms with Gasteiger partial charge in [0.05, 0.1) is 11.9 Å². The lowest BCUT2D eigenvalue weighted by Gasteiger charge is -2.05. The highest BCUT2D eigenvalue weighted by Gasteiger charge is 2.06. The van der Waals surface area contributed by atoms with E-state index in [2.05, 4.69) is 27.9 Å². The van der Waals surface area contributed by atoms with Gasteiger partial charge in [0.25, 0.3) is 0 Å². The number of hydrogen-bond donors (Lipinski definition) is 2. The molecule has 0 aliphatic carbocycles. The van der Waals surface area contributed by atoms with Crippen molar-refractivity contribution in [2.45, 2.75) is 33.4 Å². The first-order chi connectivity index (χ1) is 10.2. The van der Waals surface area contributed by atoms with Crippen molar-refractivity contribution in [1.29, 1.82) is 0 Å². The lowest BCUT2D eigenvalue weighted by Crippen LogP contribution is -2.19. The SMILES string of the molecule is CCCNCc1cn(CC(=O)Nc2cccc(C)c2)nn1. The van der Waals surface area contributed by atoms with E-state index in [1.54, 1.807) is 10.9 Å². The average Bonchev–Trinajstić information content (AvgIpc) is 2.86. The number of aromatic nitrogens is 3. The minimum Gasteiger partial charge on any atom is -0.324 e. The zero-order valence-corrected chi connectivity index (χ0v) is 12.5. The third-order valence-corrected chi connectivity index (χ3v) is 2.93. The molecule has 2 aromatic rings. The summed E-state index contributed by atoms with van der Waals surface area (Å²) in [5, 5.41) is 14.1. The van der Waals surface area contributed by atoms with E-state index in [0.29, 0.717) is 6.54 Å². The van der Waals surface area contributed by atoms with Gasteiger partial charge in [-0.25, -0.2) is 4.68 Å². The van der Waals surface area contributed by atoms with Crippen molar-refractivity contribution in [2.75, 3.05) is 11.9 Å². The molecule has 2 N–H and O–H groups in total. The summed E-state index contributed by atoms with van der Waals surface area (Å²) in [6.07, 6.45) is 2.87. The van der Waals surface area contributed by atoms with Gasteiger partial charge in [0.15, 0.2) is 0 Å². The number of hydrogen-bond acceptors (Lipinski definition) is 4. The van der Waals surface area contributed by atoms with Gasteiger partial charge in [-0.05, 0) is 37.6 Å². The summed E-state index contributed by atoms with van der Waals surface area (Å²) in [4.78, 5) is 11.9. The van der Waals surface area contributed by atoms with Crippen LogP contribution in [0.1, 0.15) is 24.6 Å². The van der Waals surface area contributed by atoms with Crippen molar-refractivity contribution in [3.05, 3.63) is 41.7 Å². The van der Waals surface area contributed by atoms with Gasteiger partial charge in [-0.3, -0.25) is 4.79 Å². The molecule has 0 aliphatic rings. The molecule has 0 saturated heterocycles. The van der Waals surface area contributed by atoms with Gasteiger partial charge < -0.3 is 10.6 Å². The van der Waals surface area contributed by atoms with E-state index in [9.17, 15) is 4.79 Å². The predicted molar refractivity (Wildman–Crippen MR) is 81.8 cm³/mol. The van der Waals surface area contributed by atoms with E-state index in [1.165, 1.54) is 0 Å². The van der Waals surface area contributed by atoms with Gasteiger partial charge >= 0.3 is 0 Å². The molecule has 0 saturated carbocycles. The van der Waals surface area contributed by atoms with Crippen molar-refractivity contribution in [3.63, 3.8) is 0 Å². The summed E-state index contributed by atoms with van der Waals surface area (Å²) in [6, 6.07) is 7.70. The van der Waals surface area contributed by atoms with Crippen LogP contribution in [0.5, 0.6) is 0 Å². The molecule has 0 aliphatic heterocycles. The van der Waals surface area contributed by atoms with Gasteiger partial charge in [-0.15, -0.1) is 5.10 Å². The number of rotatable bonds is 7. The Bertz CT molecular complexity index is 593. The molecule has 112 valence electrons. The van der Waals surface area contributed by atoms with Gasteiger partial charge in [-0.1, -0.05) is 24.3 Å². The first-order valence-electron chi connectivity index (χ1n) is 7.13. The first-order valence-corrected chi connectivity index (χ1v) is 7.13. The first kappa shape index (κ1) is 15.2. The van der Waals surface area contributed by atoms with Crippen LogP contribution >= 0.6 is 0 Å². The monoisotopic (exact) mass is 287 g/mol. The Morgan fingerprint density at radius 3 is 3.00 bits per heavy atom. The normalized spacial score (nSPS) is 10.6. The van der Waals surface area contributed by atoms with Gasteiger partial charge in [0, 0.05) is 12.2 Å². The number of aryl methyl sites for hydroxylation is 1. The molecule has 6 nitrogen and oxygen atoms in total. The maximum Gasteiger partial charge on any atom is 0.246 e. The summed E-state index contributed by atoms with van der Waals surface area (Å²) in [5.41, 5.74) is 2.74. The largest absolute Gasteiger partial charge is 0.324 e. The second-order valence-electron chi connectivity index (χ2n) is 5.00. The van der Waals surface area contributed by atoms with Crippen LogP contribution in [0.2, 0.25) is 0 Å². The lowest BCUT2D eigenvalue weighted by atomic mass is 10.2. The standard InChI is InChI=1S/C15H21N5O/c1-3-7-16-9-14-10-20(19-18-14)11-15(21)17-13-6-4-5-12(2)8-13/h4-6,8,10,16H,3,7,9,11H2,1-2H3,(H,17,21). The molecule has 0 fully saturated rings. The molecule has 1 heterocycles. The number of carbonyl (C=O) groups excluding carboxylic acids is 1. The van der Waals surface area contributed by atoms with E-state index in [0.717, 1.165) is 29.9 Å². The van der Waals surface area contributed by atoms with Gasteiger partial charge in [-0.2, -0.15) is 0 Å². The number of carbonyl (C=O) groups is 1. The fourth-order valence-corrected chi connectivity index (χ4v) is 1.96. The molecule has 0 atom stereocenters. The maximum atomic E-state index is 11.9. The smallest absolute Gasteiger partial charge is 0.246 e. The second kappa shape index (κ2) is 7.54. The highest BCUT2D eigenvalue weighted by molar-refractivity contribution is 5.90. The topological polar surface area (TPSA) is 71.8 Å². The zero-order chi connectivity index (χ0) is 15.1. The van der Waals surface area contributed by atoms with Gasteiger partial charge in [0.1, 0.15) is 6.54 Å². The van der Waals surface area contributed by atoms with E-state index in [4.69, 9.17) is 0 Å². The number of nitrogens with zero attached hydrogens (tertiary/aromatic N) is 3. The average molecular weight is 287 g/mol. The van der Waals surface area contributed by atoms with Crippen molar-refractivity contribution >= 4 is 11.6 Å². The number of amides is 1. The van der Waals surface area contributed by atoms with Crippen LogP contribution in [0.15, 0.2) is 30.5 Å². The fourth-order valence-electron chi connectivity index (χ4n) is 1.96. The highest BCUT2D eigenvalue weighted by atomic mass is 16.2. The Balaban J connectivity index is 1.85. The molecule has 6 heteroatoms. The van der Waals surface area contributed by atoms with Crippen LogP contribution in [-0.4, -0.2) is 27.4 Å². The van der Waals surface area contributed by atoms with Crippen molar-refractivity contribution in [1.82, 2.24) is 20.3 Å². The fraction of sp³-hybridized carbons (Fsp3) is 0.400. The summed E-state index contributed by atoms with van der Waals surface area (Å²) in [6.45, 7) is 5.88. The minimum atomic E-state index is -0.112. The summed E-state index contributed by atoms with van der Waals surface area (Å²) in [5.74, 6) is -0.112. The zero-order valence-electron chi connectivity index (χ0n) is 12.5. The lowest BCUT2D eigenvalue weighted by molar-refractivity contribution is -0.116. The van der Waals surface area contributed by atoms with E-state index in [1.807, 2.05) is 31.2 Å². The Hall–Kier alpha value is -2.21. The molecule has 1 aromatic heterocycles. The molecular weight excluding hydrogens is 266 g/mol. The van der Waals surface area contributed by atoms with Gasteiger partial charge in [0.2, 0.25) is 5.91 Å². The molecule has 0 spiro atoms.